The summed E-state index contributed by atoms with van der Waals surface area (Å²) in [6.45, 7) is 12.6. The lowest BCUT2D eigenvalue weighted by atomic mass is 9.71. The maximum atomic E-state index is 12.0. The molecule has 1 N–H and O–H groups in total. The van der Waals surface area contributed by atoms with Gasteiger partial charge in [0, 0.05) is 30.3 Å². The molecule has 0 unspecified atom stereocenters. The Hall–Kier alpha value is -2.35. The van der Waals surface area contributed by atoms with Crippen molar-refractivity contribution in [2.24, 2.45) is 5.41 Å². The van der Waals surface area contributed by atoms with Crippen molar-refractivity contribution >= 4 is 23.2 Å². The zero-order chi connectivity index (χ0) is 20.5. The molecule has 1 aromatic rings. The van der Waals surface area contributed by atoms with Crippen LogP contribution >= 0.6 is 0 Å². The van der Waals surface area contributed by atoms with Gasteiger partial charge in [-0.25, -0.2) is 4.79 Å². The molecule has 28 heavy (non-hydrogen) atoms. The van der Waals surface area contributed by atoms with Crippen molar-refractivity contribution < 1.29 is 14.5 Å². The van der Waals surface area contributed by atoms with Crippen LogP contribution in [0.1, 0.15) is 40.5 Å². The number of ether oxygens (including phenoxy) is 1. The van der Waals surface area contributed by atoms with E-state index in [1.807, 2.05) is 6.07 Å². The van der Waals surface area contributed by atoms with Gasteiger partial charge in [0.05, 0.1) is 4.92 Å². The van der Waals surface area contributed by atoms with E-state index in [0.29, 0.717) is 5.41 Å². The number of likely N-dealkylation sites (tertiary alicyclic amines) is 1. The summed E-state index contributed by atoms with van der Waals surface area (Å²) in [7, 11) is 0. The number of carbonyl (C=O) groups excluding carboxylic acids is 1. The highest BCUT2D eigenvalue weighted by Gasteiger charge is 2.44. The summed E-state index contributed by atoms with van der Waals surface area (Å²) >= 11 is 0. The van der Waals surface area contributed by atoms with Crippen molar-refractivity contribution in [3.63, 3.8) is 0 Å². The fraction of sp³-hybridized carbons (Fsp3) is 0.650. The van der Waals surface area contributed by atoms with E-state index in [9.17, 15) is 14.9 Å². The highest BCUT2D eigenvalue weighted by Crippen LogP contribution is 2.43. The average Bonchev–Trinajstić information content (AvgIpc) is 2.58. The standard InChI is InChI=1S/C20H30N4O4/c1-5-22-10-8-20(9-11-22)13-23(14-20)15-6-7-16(17(12-15)24(26)27)21-18(25)28-19(2,3)4/h6-7,12H,5,8-11,13-14H2,1-4H3,(H,21,25). The third-order valence-electron chi connectivity index (χ3n) is 5.60. The predicted molar refractivity (Wildman–Crippen MR) is 109 cm³/mol. The number of rotatable bonds is 4. The topological polar surface area (TPSA) is 88.0 Å². The van der Waals surface area contributed by atoms with Crippen LogP contribution in [0.3, 0.4) is 0 Å². The largest absolute Gasteiger partial charge is 0.444 e. The Balaban J connectivity index is 1.67. The molecule has 0 aromatic heterocycles. The van der Waals surface area contributed by atoms with E-state index in [2.05, 4.69) is 22.0 Å². The van der Waals surface area contributed by atoms with Gasteiger partial charge < -0.3 is 14.5 Å². The zero-order valence-electron chi connectivity index (χ0n) is 17.2. The number of piperidine rings is 1. The van der Waals surface area contributed by atoms with Gasteiger partial charge in [-0.05, 0) is 65.4 Å². The summed E-state index contributed by atoms with van der Waals surface area (Å²) in [4.78, 5) is 27.7. The molecule has 2 heterocycles. The second-order valence-corrected chi connectivity index (χ2v) is 8.88. The second kappa shape index (κ2) is 7.58. The summed E-state index contributed by atoms with van der Waals surface area (Å²) in [5, 5.41) is 14.0. The van der Waals surface area contributed by atoms with Crippen LogP contribution in [0.2, 0.25) is 0 Å². The van der Waals surface area contributed by atoms with Crippen LogP contribution in [0.5, 0.6) is 0 Å². The molecule has 0 bridgehead atoms. The molecule has 8 nitrogen and oxygen atoms in total. The van der Waals surface area contributed by atoms with Crippen LogP contribution < -0.4 is 10.2 Å². The van der Waals surface area contributed by atoms with Crippen LogP contribution in [0, 0.1) is 15.5 Å². The Morgan fingerprint density at radius 3 is 2.46 bits per heavy atom. The van der Waals surface area contributed by atoms with Crippen molar-refractivity contribution in [2.45, 2.75) is 46.1 Å². The van der Waals surface area contributed by atoms with E-state index in [0.717, 1.165) is 38.4 Å². The number of hydrogen-bond acceptors (Lipinski definition) is 6. The Morgan fingerprint density at radius 2 is 1.93 bits per heavy atom. The molecule has 2 fully saturated rings. The monoisotopic (exact) mass is 390 g/mol. The van der Waals surface area contributed by atoms with E-state index >= 15 is 0 Å². The Kier molecular flexibility index (Phi) is 5.52. The lowest BCUT2D eigenvalue weighted by Gasteiger charge is -2.55. The first-order chi connectivity index (χ1) is 13.1. The van der Waals surface area contributed by atoms with Gasteiger partial charge >= 0.3 is 6.09 Å². The van der Waals surface area contributed by atoms with E-state index in [-0.39, 0.29) is 11.4 Å². The van der Waals surface area contributed by atoms with Crippen LogP contribution in [0.15, 0.2) is 18.2 Å². The summed E-state index contributed by atoms with van der Waals surface area (Å²) in [5.74, 6) is 0. The van der Waals surface area contributed by atoms with E-state index < -0.39 is 16.6 Å². The quantitative estimate of drug-likeness (QED) is 0.620. The SMILES string of the molecule is CCN1CCC2(CC1)CN(c1ccc(NC(=O)OC(C)(C)C)c([N+](=O)[O-])c1)C2. The fourth-order valence-corrected chi connectivity index (χ4v) is 3.99. The molecule has 0 radical (unpaired) electrons. The number of nitrogens with zero attached hydrogens (tertiary/aromatic N) is 3. The van der Waals surface area contributed by atoms with Gasteiger partial charge in [-0.15, -0.1) is 0 Å². The van der Waals surface area contributed by atoms with Crippen LogP contribution in [-0.4, -0.2) is 54.2 Å². The maximum absolute atomic E-state index is 12.0. The summed E-state index contributed by atoms with van der Waals surface area (Å²) in [6.07, 6.45) is 1.66. The lowest BCUT2D eigenvalue weighted by molar-refractivity contribution is -0.383. The van der Waals surface area contributed by atoms with Gasteiger partial charge in [0.2, 0.25) is 0 Å². The summed E-state index contributed by atoms with van der Waals surface area (Å²) < 4.78 is 5.19. The first kappa shape index (κ1) is 20.4. The van der Waals surface area contributed by atoms with Gasteiger partial charge in [0.1, 0.15) is 11.3 Å². The second-order valence-electron chi connectivity index (χ2n) is 8.88. The number of nitro groups is 1. The van der Waals surface area contributed by atoms with Crippen molar-refractivity contribution in [3.05, 3.63) is 28.3 Å². The van der Waals surface area contributed by atoms with E-state index in [1.54, 1.807) is 32.9 Å². The molecule has 0 aliphatic carbocycles. The van der Waals surface area contributed by atoms with Crippen LogP contribution in [0.25, 0.3) is 0 Å². The average molecular weight is 390 g/mol. The minimum absolute atomic E-state index is 0.120. The van der Waals surface area contributed by atoms with Crippen LogP contribution in [-0.2, 0) is 4.74 Å². The number of benzene rings is 1. The molecule has 1 spiro atoms. The van der Waals surface area contributed by atoms with Gasteiger partial charge in [-0.3, -0.25) is 15.4 Å². The Bertz CT molecular complexity index is 743. The van der Waals surface area contributed by atoms with E-state index in [4.69, 9.17) is 4.74 Å². The minimum atomic E-state index is -0.700. The van der Waals surface area contributed by atoms with Crippen molar-refractivity contribution in [1.82, 2.24) is 4.90 Å². The molecule has 1 amide bonds. The first-order valence-electron chi connectivity index (χ1n) is 9.87. The molecule has 3 rings (SSSR count). The molecule has 2 saturated heterocycles. The maximum Gasteiger partial charge on any atom is 0.412 e. The predicted octanol–water partition coefficient (Wildman–Crippen LogP) is 3.86. The van der Waals surface area contributed by atoms with Crippen molar-refractivity contribution in [3.8, 4) is 0 Å². The highest BCUT2D eigenvalue weighted by atomic mass is 16.6. The van der Waals surface area contributed by atoms with Gasteiger partial charge in [-0.2, -0.15) is 0 Å². The third-order valence-corrected chi connectivity index (χ3v) is 5.60. The third kappa shape index (κ3) is 4.55. The number of hydrogen-bond donors (Lipinski definition) is 1. The molecule has 154 valence electrons. The molecule has 0 atom stereocenters. The molecular formula is C20H30N4O4. The number of nitrogens with one attached hydrogen (secondary N) is 1. The zero-order valence-corrected chi connectivity index (χ0v) is 17.2. The molecule has 2 aliphatic rings. The Labute approximate surface area is 166 Å². The number of anilines is 2. The number of carbonyl (C=O) groups is 1. The molecule has 0 saturated carbocycles. The van der Waals surface area contributed by atoms with Gasteiger partial charge in [0.15, 0.2) is 0 Å². The van der Waals surface area contributed by atoms with E-state index in [1.165, 1.54) is 12.8 Å². The molecule has 1 aromatic carbocycles. The van der Waals surface area contributed by atoms with Crippen molar-refractivity contribution in [1.29, 1.82) is 0 Å². The minimum Gasteiger partial charge on any atom is -0.444 e. The Morgan fingerprint density at radius 1 is 1.29 bits per heavy atom. The van der Waals surface area contributed by atoms with Gasteiger partial charge in [0.25, 0.3) is 5.69 Å². The van der Waals surface area contributed by atoms with Crippen LogP contribution in [0.4, 0.5) is 21.9 Å². The molecule has 8 heteroatoms. The summed E-state index contributed by atoms with van der Waals surface area (Å²) in [5.41, 5.74) is 0.524. The first-order valence-corrected chi connectivity index (χ1v) is 9.87. The highest BCUT2D eigenvalue weighted by molar-refractivity contribution is 5.89. The smallest absolute Gasteiger partial charge is 0.412 e. The summed E-state index contributed by atoms with van der Waals surface area (Å²) in [6, 6.07) is 4.95. The van der Waals surface area contributed by atoms with Gasteiger partial charge in [-0.1, -0.05) is 6.92 Å². The lowest BCUT2D eigenvalue weighted by Crippen LogP contribution is -2.60. The normalized spacial score (nSPS) is 19.2. The number of amides is 1. The molecular weight excluding hydrogens is 360 g/mol. The molecule has 2 aliphatic heterocycles. The number of nitro benzene ring substituents is 1. The fourth-order valence-electron chi connectivity index (χ4n) is 3.99. The van der Waals surface area contributed by atoms with Crippen molar-refractivity contribution in [2.75, 3.05) is 42.9 Å².